The summed E-state index contributed by atoms with van der Waals surface area (Å²) in [5.74, 6) is 0.144. The van der Waals surface area contributed by atoms with Crippen LogP contribution in [0.25, 0.3) is 0 Å². The Balaban J connectivity index is 2.62. The van der Waals surface area contributed by atoms with Gasteiger partial charge in [-0.3, -0.25) is 9.11 Å². The molecule has 0 aliphatic carbocycles. The van der Waals surface area contributed by atoms with Crippen molar-refractivity contribution >= 4 is 10.8 Å². The first kappa shape index (κ1) is 15.3. The topological polar surface area (TPSA) is 40.5 Å². The van der Waals surface area contributed by atoms with Crippen LogP contribution in [-0.4, -0.2) is 45.9 Å². The van der Waals surface area contributed by atoms with Crippen molar-refractivity contribution in [2.75, 3.05) is 25.6 Å². The molecule has 0 bridgehead atoms. The molecule has 0 fully saturated rings. The summed E-state index contributed by atoms with van der Waals surface area (Å²) in [4.78, 5) is 1.89. The number of likely N-dealkylation sites (N-methyl/N-ethyl adjacent to an activating group) is 1. The van der Waals surface area contributed by atoms with Gasteiger partial charge in [0.05, 0.1) is 6.10 Å². The van der Waals surface area contributed by atoms with E-state index in [1.54, 1.807) is 24.5 Å². The Morgan fingerprint density at radius 2 is 2.06 bits per heavy atom. The van der Waals surface area contributed by atoms with Crippen molar-refractivity contribution in [2.24, 2.45) is 0 Å². The highest BCUT2D eigenvalue weighted by molar-refractivity contribution is 7.84. The van der Waals surface area contributed by atoms with Crippen molar-refractivity contribution in [3.8, 4) is 0 Å². The van der Waals surface area contributed by atoms with Crippen LogP contribution in [0.15, 0.2) is 24.3 Å². The highest BCUT2D eigenvalue weighted by Crippen LogP contribution is 2.18. The molecule has 1 N–H and O–H groups in total. The molecule has 18 heavy (non-hydrogen) atoms. The zero-order valence-electron chi connectivity index (χ0n) is 11.0. The number of hydrogen-bond acceptors (Lipinski definition) is 3. The third kappa shape index (κ3) is 4.48. The predicted molar refractivity (Wildman–Crippen MR) is 72.4 cm³/mol. The van der Waals surface area contributed by atoms with Crippen molar-refractivity contribution in [1.82, 2.24) is 4.90 Å². The van der Waals surface area contributed by atoms with Crippen molar-refractivity contribution in [2.45, 2.75) is 19.1 Å². The van der Waals surface area contributed by atoms with E-state index >= 15 is 0 Å². The highest BCUT2D eigenvalue weighted by Gasteiger charge is 2.18. The van der Waals surface area contributed by atoms with Crippen LogP contribution in [0, 0.1) is 5.82 Å². The van der Waals surface area contributed by atoms with E-state index in [0.717, 1.165) is 0 Å². The largest absolute Gasteiger partial charge is 0.387 e. The standard InChI is InChI=1S/C13H20FNO2S/c1-10(9-18(3)17)15(2)8-13(16)11-6-4-5-7-12(11)14/h4-7,10,13,16H,8-9H2,1-3H3/t10-,13+,18+/m1/s1. The minimum absolute atomic E-state index is 0.0808. The molecule has 1 rings (SSSR count). The third-order valence-corrected chi connectivity index (χ3v) is 3.91. The Morgan fingerprint density at radius 3 is 2.61 bits per heavy atom. The van der Waals surface area contributed by atoms with E-state index < -0.39 is 22.7 Å². The van der Waals surface area contributed by atoms with E-state index in [2.05, 4.69) is 0 Å². The fraction of sp³-hybridized carbons (Fsp3) is 0.538. The molecule has 5 heteroatoms. The Bertz CT molecular complexity index is 414. The molecule has 102 valence electrons. The number of rotatable bonds is 6. The van der Waals surface area contributed by atoms with Crippen LogP contribution in [0.1, 0.15) is 18.6 Å². The van der Waals surface area contributed by atoms with Gasteiger partial charge in [0.1, 0.15) is 5.82 Å². The minimum atomic E-state index is -0.877. The summed E-state index contributed by atoms with van der Waals surface area (Å²) in [5, 5.41) is 10.00. The zero-order valence-corrected chi connectivity index (χ0v) is 11.8. The van der Waals surface area contributed by atoms with Gasteiger partial charge in [-0.25, -0.2) is 4.39 Å². The van der Waals surface area contributed by atoms with Gasteiger partial charge < -0.3 is 5.11 Å². The average molecular weight is 273 g/mol. The lowest BCUT2D eigenvalue weighted by atomic mass is 10.1. The van der Waals surface area contributed by atoms with Gasteiger partial charge in [-0.05, 0) is 20.0 Å². The maximum Gasteiger partial charge on any atom is 0.129 e. The van der Waals surface area contributed by atoms with Crippen LogP contribution in [0.4, 0.5) is 4.39 Å². The summed E-state index contributed by atoms with van der Waals surface area (Å²) < 4.78 is 24.6. The number of hydrogen-bond donors (Lipinski definition) is 1. The number of halogens is 1. The zero-order chi connectivity index (χ0) is 13.7. The molecule has 0 heterocycles. The first-order valence-electron chi connectivity index (χ1n) is 5.84. The van der Waals surface area contributed by atoms with E-state index in [1.165, 1.54) is 6.07 Å². The summed E-state index contributed by atoms with van der Waals surface area (Å²) in [6.45, 7) is 2.26. The summed E-state index contributed by atoms with van der Waals surface area (Å²) in [7, 11) is 0.958. The number of nitrogens with zero attached hydrogens (tertiary/aromatic N) is 1. The molecule has 0 amide bonds. The summed E-state index contributed by atoms with van der Waals surface area (Å²) >= 11 is 0. The smallest absolute Gasteiger partial charge is 0.129 e. The number of aliphatic hydroxyl groups is 1. The Morgan fingerprint density at radius 1 is 1.44 bits per heavy atom. The molecular weight excluding hydrogens is 253 g/mol. The second-order valence-corrected chi connectivity index (χ2v) is 6.05. The summed E-state index contributed by atoms with van der Waals surface area (Å²) in [6, 6.07) is 6.29. The van der Waals surface area contributed by atoms with E-state index in [-0.39, 0.29) is 6.04 Å². The van der Waals surface area contributed by atoms with Crippen molar-refractivity contribution < 1.29 is 13.7 Å². The van der Waals surface area contributed by atoms with Crippen molar-refractivity contribution in [1.29, 1.82) is 0 Å². The number of benzene rings is 1. The molecular formula is C13H20FNO2S. The van der Waals surface area contributed by atoms with Gasteiger partial charge in [0.15, 0.2) is 0 Å². The fourth-order valence-electron chi connectivity index (χ4n) is 1.76. The predicted octanol–water partition coefficient (Wildman–Crippen LogP) is 1.56. The molecule has 0 aliphatic rings. The molecule has 3 nitrogen and oxygen atoms in total. The van der Waals surface area contributed by atoms with Gasteiger partial charge in [-0.2, -0.15) is 0 Å². The van der Waals surface area contributed by atoms with Gasteiger partial charge in [-0.1, -0.05) is 18.2 Å². The van der Waals surface area contributed by atoms with Crippen molar-refractivity contribution in [3.63, 3.8) is 0 Å². The normalized spacial score (nSPS) is 16.6. The Kier molecular flexibility index (Phi) is 5.91. The van der Waals surface area contributed by atoms with Crippen LogP contribution in [0.5, 0.6) is 0 Å². The molecule has 0 spiro atoms. The second-order valence-electron chi connectivity index (χ2n) is 4.57. The first-order chi connectivity index (χ1) is 8.41. The second kappa shape index (κ2) is 6.97. The van der Waals surface area contributed by atoms with Gasteiger partial charge >= 0.3 is 0 Å². The average Bonchev–Trinajstić information content (AvgIpc) is 2.28. The summed E-state index contributed by atoms with van der Waals surface area (Å²) in [5.41, 5.74) is 0.300. The molecule has 1 aromatic carbocycles. The third-order valence-electron chi connectivity index (χ3n) is 2.95. The summed E-state index contributed by atoms with van der Waals surface area (Å²) in [6.07, 6.45) is 0.779. The van der Waals surface area contributed by atoms with Gasteiger partial charge in [0.25, 0.3) is 0 Å². The first-order valence-corrected chi connectivity index (χ1v) is 7.57. The molecule has 0 aromatic heterocycles. The van der Waals surface area contributed by atoms with Crippen LogP contribution >= 0.6 is 0 Å². The molecule has 0 aliphatic heterocycles. The Hall–Kier alpha value is -0.780. The van der Waals surface area contributed by atoms with Gasteiger partial charge in [-0.15, -0.1) is 0 Å². The van der Waals surface area contributed by atoms with Crippen LogP contribution in [-0.2, 0) is 10.8 Å². The molecule has 0 saturated carbocycles. The van der Waals surface area contributed by atoms with E-state index in [4.69, 9.17) is 0 Å². The van der Waals surface area contributed by atoms with E-state index in [1.807, 2.05) is 18.9 Å². The van der Waals surface area contributed by atoms with Crippen LogP contribution < -0.4 is 0 Å². The minimum Gasteiger partial charge on any atom is -0.387 e. The molecule has 1 aromatic rings. The van der Waals surface area contributed by atoms with Gasteiger partial charge in [0, 0.05) is 41.0 Å². The molecule has 0 saturated heterocycles. The lowest BCUT2D eigenvalue weighted by molar-refractivity contribution is 0.110. The van der Waals surface area contributed by atoms with Crippen molar-refractivity contribution in [3.05, 3.63) is 35.6 Å². The fourth-order valence-corrected chi connectivity index (χ4v) is 2.70. The highest BCUT2D eigenvalue weighted by atomic mass is 32.2. The maximum absolute atomic E-state index is 13.5. The monoisotopic (exact) mass is 273 g/mol. The SMILES string of the molecule is C[C@H](C[S@](C)=O)N(C)C[C@H](O)c1ccccc1F. The van der Waals surface area contributed by atoms with E-state index in [0.29, 0.717) is 17.9 Å². The van der Waals surface area contributed by atoms with Crippen LogP contribution in [0.2, 0.25) is 0 Å². The number of aliphatic hydroxyl groups excluding tert-OH is 1. The lowest BCUT2D eigenvalue weighted by Gasteiger charge is -2.26. The van der Waals surface area contributed by atoms with Gasteiger partial charge in [0.2, 0.25) is 0 Å². The molecule has 0 radical (unpaired) electrons. The van der Waals surface area contributed by atoms with Crippen LogP contribution in [0.3, 0.4) is 0 Å². The molecule has 0 unspecified atom stereocenters. The quantitative estimate of drug-likeness (QED) is 0.855. The van der Waals surface area contributed by atoms with E-state index in [9.17, 15) is 13.7 Å². The maximum atomic E-state index is 13.5. The molecule has 3 atom stereocenters. The lowest BCUT2D eigenvalue weighted by Crippen LogP contribution is -2.36. The Labute approximate surface area is 110 Å².